The first kappa shape index (κ1) is 38.7. The van der Waals surface area contributed by atoms with E-state index in [0.717, 1.165) is 28.2 Å². The van der Waals surface area contributed by atoms with Gasteiger partial charge in [0, 0.05) is 22.2 Å². The van der Waals surface area contributed by atoms with Crippen molar-refractivity contribution in [1.29, 1.82) is 0 Å². The highest BCUT2D eigenvalue weighted by Crippen LogP contribution is 2.64. The maximum Gasteiger partial charge on any atom is 0.0719 e. The molecule has 10 aromatic carbocycles. The summed E-state index contributed by atoms with van der Waals surface area (Å²) in [5.41, 5.74) is 22.8. The number of rotatable bonds is 7. The number of anilines is 3. The molecule has 2 aliphatic rings. The highest BCUT2D eigenvalue weighted by atomic mass is 15.1. The molecular weight excluding hydrogens is 783 g/mol. The topological polar surface area (TPSA) is 3.24 Å². The second-order valence-electron chi connectivity index (χ2n) is 18.0. The summed E-state index contributed by atoms with van der Waals surface area (Å²) in [5.74, 6) is 0. The average molecular weight is 830 g/mol. The van der Waals surface area contributed by atoms with Crippen molar-refractivity contribution in [2.75, 3.05) is 4.90 Å². The third-order valence-corrected chi connectivity index (χ3v) is 14.2. The van der Waals surface area contributed by atoms with Crippen molar-refractivity contribution < 1.29 is 0 Å². The van der Waals surface area contributed by atoms with Gasteiger partial charge in [-0.1, -0.05) is 232 Å². The van der Waals surface area contributed by atoms with E-state index in [0.29, 0.717) is 0 Å². The van der Waals surface area contributed by atoms with Crippen LogP contribution in [0.2, 0.25) is 0 Å². The van der Waals surface area contributed by atoms with E-state index in [1.165, 1.54) is 77.9 Å². The van der Waals surface area contributed by atoms with E-state index in [9.17, 15) is 0 Å². The molecule has 0 heterocycles. The summed E-state index contributed by atoms with van der Waals surface area (Å²) < 4.78 is 0. The SMILES string of the molecule is CC1(C)c2ccccc2C2(c3ccccc3-c3c(-c4ccccc4N(c4cccc(-c5ccccc5)c4)c4ccc(-c5ccccc5)cc4-c4ccccc4)cccc32)c2ccccc21. The van der Waals surface area contributed by atoms with Gasteiger partial charge in [0.15, 0.2) is 0 Å². The van der Waals surface area contributed by atoms with Crippen molar-refractivity contribution in [3.63, 3.8) is 0 Å². The van der Waals surface area contributed by atoms with Gasteiger partial charge in [-0.3, -0.25) is 0 Å². The van der Waals surface area contributed by atoms with Gasteiger partial charge in [0.2, 0.25) is 0 Å². The number of benzene rings is 10. The predicted molar refractivity (Wildman–Crippen MR) is 272 cm³/mol. The Morgan fingerprint density at radius 1 is 0.277 bits per heavy atom. The molecule has 1 heteroatoms. The molecule has 0 aliphatic heterocycles. The maximum atomic E-state index is 2.50. The Labute approximate surface area is 382 Å². The molecular formula is C64H47N. The molecule has 0 fully saturated rings. The second kappa shape index (κ2) is 15.4. The fourth-order valence-corrected chi connectivity index (χ4v) is 11.3. The van der Waals surface area contributed by atoms with Crippen molar-refractivity contribution >= 4 is 17.1 Å². The summed E-state index contributed by atoms with van der Waals surface area (Å²) in [4.78, 5) is 2.50. The van der Waals surface area contributed by atoms with E-state index < -0.39 is 5.41 Å². The smallest absolute Gasteiger partial charge is 0.0719 e. The van der Waals surface area contributed by atoms with Crippen LogP contribution in [-0.2, 0) is 10.8 Å². The van der Waals surface area contributed by atoms with E-state index in [1.54, 1.807) is 0 Å². The lowest BCUT2D eigenvalue weighted by Gasteiger charge is -2.46. The van der Waals surface area contributed by atoms with Gasteiger partial charge in [0.25, 0.3) is 0 Å². The Balaban J connectivity index is 1.14. The zero-order valence-corrected chi connectivity index (χ0v) is 36.6. The molecule has 0 unspecified atom stereocenters. The lowest BCUT2D eigenvalue weighted by Crippen LogP contribution is -2.40. The Morgan fingerprint density at radius 2 is 0.723 bits per heavy atom. The van der Waals surface area contributed by atoms with Crippen LogP contribution in [0.5, 0.6) is 0 Å². The Morgan fingerprint density at radius 3 is 1.37 bits per heavy atom. The highest BCUT2D eigenvalue weighted by Gasteiger charge is 2.53. The minimum atomic E-state index is -0.489. The van der Waals surface area contributed by atoms with Crippen LogP contribution in [0, 0.1) is 0 Å². The quantitative estimate of drug-likeness (QED) is 0.155. The number of hydrogen-bond donors (Lipinski definition) is 0. The molecule has 308 valence electrons. The molecule has 0 bridgehead atoms. The van der Waals surface area contributed by atoms with Crippen LogP contribution in [0.15, 0.2) is 249 Å². The fraction of sp³-hybridized carbons (Fsp3) is 0.0625. The van der Waals surface area contributed by atoms with Gasteiger partial charge in [-0.2, -0.15) is 0 Å². The molecule has 0 atom stereocenters. The van der Waals surface area contributed by atoms with Gasteiger partial charge in [0.1, 0.15) is 0 Å². The predicted octanol–water partition coefficient (Wildman–Crippen LogP) is 16.8. The van der Waals surface area contributed by atoms with Crippen LogP contribution in [-0.4, -0.2) is 0 Å². The number of hydrogen-bond acceptors (Lipinski definition) is 1. The number of para-hydroxylation sites is 1. The number of fused-ring (bicyclic) bond motifs is 9. The van der Waals surface area contributed by atoms with Crippen molar-refractivity contribution in [3.05, 3.63) is 282 Å². The van der Waals surface area contributed by atoms with E-state index >= 15 is 0 Å². The molecule has 2 aliphatic carbocycles. The first-order valence-corrected chi connectivity index (χ1v) is 22.8. The van der Waals surface area contributed by atoms with E-state index in [-0.39, 0.29) is 5.41 Å². The third kappa shape index (κ3) is 6.00. The average Bonchev–Trinajstić information content (AvgIpc) is 3.68. The van der Waals surface area contributed by atoms with Gasteiger partial charge in [-0.15, -0.1) is 0 Å². The van der Waals surface area contributed by atoms with Gasteiger partial charge in [-0.05, 0) is 108 Å². The van der Waals surface area contributed by atoms with Crippen LogP contribution in [0.3, 0.4) is 0 Å². The summed E-state index contributed by atoms with van der Waals surface area (Å²) in [7, 11) is 0. The van der Waals surface area contributed by atoms with Gasteiger partial charge < -0.3 is 4.90 Å². The lowest BCUT2D eigenvalue weighted by molar-refractivity contribution is 0.563. The molecule has 10 aromatic rings. The minimum absolute atomic E-state index is 0.165. The van der Waals surface area contributed by atoms with E-state index in [1.807, 2.05) is 0 Å². The first-order valence-electron chi connectivity index (χ1n) is 22.8. The summed E-state index contributed by atoms with van der Waals surface area (Å²) in [6, 6.07) is 92.1. The Hall–Kier alpha value is -8.00. The standard InChI is InChI=1S/C64H47N/c1-63(2)55-34-15-17-36-57(55)64(58-37-18-16-35-56(58)63)54-33-14-12-31-52(54)62-51(32-21-38-59(62)64)50-30-13-19-39-60(50)65(49-29-20-28-47(42-49)44-22-6-3-7-23-44)61-41-40-48(45-24-8-4-9-25-45)43-53(61)46-26-10-5-11-27-46/h3-43H,1-2H3. The monoisotopic (exact) mass is 829 g/mol. The molecule has 0 aromatic heterocycles. The fourth-order valence-electron chi connectivity index (χ4n) is 11.3. The summed E-state index contributed by atoms with van der Waals surface area (Å²) in [6.07, 6.45) is 0. The molecule has 1 spiro atoms. The minimum Gasteiger partial charge on any atom is -0.309 e. The van der Waals surface area contributed by atoms with Crippen LogP contribution >= 0.6 is 0 Å². The number of nitrogens with zero attached hydrogens (tertiary/aromatic N) is 1. The lowest BCUT2D eigenvalue weighted by atomic mass is 9.55. The van der Waals surface area contributed by atoms with Crippen LogP contribution in [0.25, 0.3) is 55.6 Å². The largest absolute Gasteiger partial charge is 0.309 e. The zero-order chi connectivity index (χ0) is 43.5. The molecule has 12 rings (SSSR count). The molecule has 0 radical (unpaired) electrons. The zero-order valence-electron chi connectivity index (χ0n) is 36.6. The summed E-state index contributed by atoms with van der Waals surface area (Å²) >= 11 is 0. The normalized spacial score (nSPS) is 13.6. The van der Waals surface area contributed by atoms with Crippen molar-refractivity contribution in [1.82, 2.24) is 0 Å². The summed E-state index contributed by atoms with van der Waals surface area (Å²) in [6.45, 7) is 4.78. The molecule has 65 heavy (non-hydrogen) atoms. The van der Waals surface area contributed by atoms with Gasteiger partial charge >= 0.3 is 0 Å². The van der Waals surface area contributed by atoms with E-state index in [2.05, 4.69) is 267 Å². The molecule has 0 N–H and O–H groups in total. The van der Waals surface area contributed by atoms with Crippen molar-refractivity contribution in [3.8, 4) is 55.6 Å². The van der Waals surface area contributed by atoms with Crippen LogP contribution < -0.4 is 4.90 Å². The van der Waals surface area contributed by atoms with Crippen molar-refractivity contribution in [2.24, 2.45) is 0 Å². The first-order chi connectivity index (χ1) is 32.0. The molecule has 0 saturated carbocycles. The Kier molecular flexibility index (Phi) is 9.14. The summed E-state index contributed by atoms with van der Waals surface area (Å²) in [5, 5.41) is 0. The third-order valence-electron chi connectivity index (χ3n) is 14.2. The maximum absolute atomic E-state index is 2.50. The van der Waals surface area contributed by atoms with E-state index in [4.69, 9.17) is 0 Å². The van der Waals surface area contributed by atoms with Crippen molar-refractivity contribution in [2.45, 2.75) is 24.7 Å². The van der Waals surface area contributed by atoms with Crippen LogP contribution in [0.4, 0.5) is 17.1 Å². The molecule has 1 nitrogen and oxygen atoms in total. The highest BCUT2D eigenvalue weighted by molar-refractivity contribution is 6.02. The molecule has 0 saturated heterocycles. The molecule has 0 amide bonds. The van der Waals surface area contributed by atoms with Crippen LogP contribution in [0.1, 0.15) is 47.2 Å². The second-order valence-corrected chi connectivity index (χ2v) is 18.0. The van der Waals surface area contributed by atoms with Gasteiger partial charge in [-0.25, -0.2) is 0 Å². The van der Waals surface area contributed by atoms with Gasteiger partial charge in [0.05, 0.1) is 16.8 Å². The Bertz CT molecular complexity index is 3350.